The number of H-pyrrole nitrogens is 1. The highest BCUT2D eigenvalue weighted by atomic mass is 35.5. The molecule has 1 amide bonds. The Hall–Kier alpha value is -3.97. The highest BCUT2D eigenvalue weighted by Gasteiger charge is 2.43. The van der Waals surface area contributed by atoms with Gasteiger partial charge in [0.05, 0.1) is 16.7 Å². The van der Waals surface area contributed by atoms with Crippen molar-refractivity contribution in [2.75, 3.05) is 4.90 Å². The molecule has 1 aliphatic heterocycles. The normalized spacial score (nSPS) is 15.1. The number of fused-ring (bicyclic) bond motifs is 1. The van der Waals surface area contributed by atoms with Crippen molar-refractivity contribution in [1.82, 2.24) is 10.2 Å². The Balaban J connectivity index is 1.73. The molecular formula is C24H17ClN4O3. The summed E-state index contributed by atoms with van der Waals surface area (Å²) in [6.45, 7) is 1.97. The molecule has 0 saturated carbocycles. The van der Waals surface area contributed by atoms with Crippen molar-refractivity contribution < 1.29 is 9.72 Å². The van der Waals surface area contributed by atoms with Crippen LogP contribution in [-0.2, 0) is 0 Å². The maximum Gasteiger partial charge on any atom is 0.277 e. The summed E-state index contributed by atoms with van der Waals surface area (Å²) in [5.74, 6) is -0.243. The Morgan fingerprint density at radius 2 is 1.78 bits per heavy atom. The van der Waals surface area contributed by atoms with Crippen molar-refractivity contribution in [3.05, 3.63) is 110 Å². The predicted octanol–water partition coefficient (Wildman–Crippen LogP) is 5.70. The first kappa shape index (κ1) is 20.0. The highest BCUT2D eigenvalue weighted by molar-refractivity contribution is 6.30. The third-order valence-electron chi connectivity index (χ3n) is 5.59. The molecule has 3 aromatic carbocycles. The molecule has 1 aromatic heterocycles. The number of halogens is 1. The number of aryl methyl sites for hydroxylation is 1. The van der Waals surface area contributed by atoms with Gasteiger partial charge in [0.25, 0.3) is 11.6 Å². The quantitative estimate of drug-likeness (QED) is 0.323. The lowest BCUT2D eigenvalue weighted by Crippen LogP contribution is -2.29. The lowest BCUT2D eigenvalue weighted by Gasteiger charge is -2.26. The zero-order chi connectivity index (χ0) is 22.4. The molecule has 2 heterocycles. The van der Waals surface area contributed by atoms with Gasteiger partial charge >= 0.3 is 0 Å². The van der Waals surface area contributed by atoms with Gasteiger partial charge in [0.2, 0.25) is 0 Å². The Kier molecular flexibility index (Phi) is 4.75. The molecule has 0 radical (unpaired) electrons. The van der Waals surface area contributed by atoms with Crippen molar-refractivity contribution in [2.24, 2.45) is 0 Å². The number of nitro groups is 1. The molecule has 0 saturated heterocycles. The van der Waals surface area contributed by atoms with E-state index in [-0.39, 0.29) is 11.6 Å². The number of non-ortho nitro benzene ring substituents is 1. The molecule has 1 N–H and O–H groups in total. The van der Waals surface area contributed by atoms with Crippen LogP contribution in [0.1, 0.15) is 33.2 Å². The van der Waals surface area contributed by atoms with Gasteiger partial charge in [-0.15, -0.1) is 0 Å². The van der Waals surface area contributed by atoms with Gasteiger partial charge in [0.1, 0.15) is 5.69 Å². The summed E-state index contributed by atoms with van der Waals surface area (Å²) in [6.07, 6.45) is 0. The molecular weight excluding hydrogens is 428 g/mol. The molecule has 0 spiro atoms. The summed E-state index contributed by atoms with van der Waals surface area (Å²) in [7, 11) is 0. The van der Waals surface area contributed by atoms with E-state index in [0.29, 0.717) is 33.2 Å². The smallest absolute Gasteiger partial charge is 0.277 e. The molecule has 7 nitrogen and oxygen atoms in total. The number of amides is 1. The number of anilines is 1. The van der Waals surface area contributed by atoms with Gasteiger partial charge in [0, 0.05) is 34.0 Å². The predicted molar refractivity (Wildman–Crippen MR) is 122 cm³/mol. The summed E-state index contributed by atoms with van der Waals surface area (Å²) < 4.78 is 0. The largest absolute Gasteiger partial charge is 0.295 e. The molecule has 1 aliphatic rings. The van der Waals surface area contributed by atoms with Crippen molar-refractivity contribution in [1.29, 1.82) is 0 Å². The van der Waals surface area contributed by atoms with Crippen LogP contribution in [-0.4, -0.2) is 21.0 Å². The van der Waals surface area contributed by atoms with E-state index in [1.54, 1.807) is 29.2 Å². The van der Waals surface area contributed by atoms with Gasteiger partial charge in [-0.1, -0.05) is 53.6 Å². The van der Waals surface area contributed by atoms with Gasteiger partial charge in [-0.25, -0.2) is 0 Å². The minimum Gasteiger partial charge on any atom is -0.295 e. The molecule has 1 atom stereocenters. The van der Waals surface area contributed by atoms with Gasteiger partial charge in [0.15, 0.2) is 0 Å². The zero-order valence-electron chi connectivity index (χ0n) is 16.9. The molecule has 5 rings (SSSR count). The fourth-order valence-corrected chi connectivity index (χ4v) is 4.20. The van der Waals surface area contributed by atoms with E-state index >= 15 is 0 Å². The molecule has 0 aliphatic carbocycles. The van der Waals surface area contributed by atoms with Gasteiger partial charge in [-0.2, -0.15) is 5.10 Å². The number of aromatic amines is 1. The van der Waals surface area contributed by atoms with Crippen LogP contribution in [0.25, 0.3) is 11.3 Å². The number of hydrogen-bond acceptors (Lipinski definition) is 4. The Labute approximate surface area is 188 Å². The van der Waals surface area contributed by atoms with Crippen molar-refractivity contribution in [3.63, 3.8) is 0 Å². The Bertz CT molecular complexity index is 1350. The first-order chi connectivity index (χ1) is 15.4. The standard InChI is InChI=1S/C24H17ClN4O3/c1-14-5-11-18(12-6-14)28-23(16-3-2-4-19(13-16)29(31)32)20-21(26-27-22(20)24(28)30)15-7-9-17(25)10-8-15/h2-13,23H,1H3,(H,26,27)/t23-/m1/s1. The second-order valence-electron chi connectivity index (χ2n) is 7.63. The highest BCUT2D eigenvalue weighted by Crippen LogP contribution is 2.45. The number of nitrogens with zero attached hydrogens (tertiary/aromatic N) is 3. The number of carbonyl (C=O) groups excluding carboxylic acids is 1. The lowest BCUT2D eigenvalue weighted by molar-refractivity contribution is -0.384. The van der Waals surface area contributed by atoms with E-state index in [0.717, 1.165) is 11.1 Å². The van der Waals surface area contributed by atoms with Crippen LogP contribution in [0.3, 0.4) is 0 Å². The average molecular weight is 445 g/mol. The van der Waals surface area contributed by atoms with Crippen LogP contribution in [0, 0.1) is 17.0 Å². The van der Waals surface area contributed by atoms with Crippen LogP contribution >= 0.6 is 11.6 Å². The van der Waals surface area contributed by atoms with E-state index in [9.17, 15) is 14.9 Å². The average Bonchev–Trinajstić information content (AvgIpc) is 3.34. The minimum absolute atomic E-state index is 0.0382. The summed E-state index contributed by atoms with van der Waals surface area (Å²) in [5.41, 5.74) is 4.80. The van der Waals surface area contributed by atoms with Crippen molar-refractivity contribution in [3.8, 4) is 11.3 Å². The number of rotatable bonds is 4. The molecule has 32 heavy (non-hydrogen) atoms. The second-order valence-corrected chi connectivity index (χ2v) is 8.07. The number of benzene rings is 3. The summed E-state index contributed by atoms with van der Waals surface area (Å²) in [4.78, 5) is 26.1. The maximum absolute atomic E-state index is 13.5. The van der Waals surface area contributed by atoms with Crippen LogP contribution in [0.15, 0.2) is 72.8 Å². The number of nitrogens with one attached hydrogen (secondary N) is 1. The topological polar surface area (TPSA) is 92.1 Å². The lowest BCUT2D eigenvalue weighted by atomic mass is 9.95. The fourth-order valence-electron chi connectivity index (χ4n) is 4.07. The van der Waals surface area contributed by atoms with E-state index in [4.69, 9.17) is 11.6 Å². The summed E-state index contributed by atoms with van der Waals surface area (Å²) in [5, 5.41) is 19.3. The molecule has 8 heteroatoms. The maximum atomic E-state index is 13.5. The van der Waals surface area contributed by atoms with E-state index in [2.05, 4.69) is 10.2 Å². The fraction of sp³-hybridized carbons (Fsp3) is 0.0833. The second kappa shape index (κ2) is 7.62. The van der Waals surface area contributed by atoms with Crippen molar-refractivity contribution in [2.45, 2.75) is 13.0 Å². The zero-order valence-corrected chi connectivity index (χ0v) is 17.7. The molecule has 4 aromatic rings. The summed E-state index contributed by atoms with van der Waals surface area (Å²) >= 11 is 6.05. The molecule has 0 unspecified atom stereocenters. The monoisotopic (exact) mass is 444 g/mol. The first-order valence-electron chi connectivity index (χ1n) is 9.93. The van der Waals surface area contributed by atoms with Crippen molar-refractivity contribution >= 4 is 28.9 Å². The minimum atomic E-state index is -0.579. The summed E-state index contributed by atoms with van der Waals surface area (Å²) in [6, 6.07) is 20.6. The van der Waals surface area contributed by atoms with Gasteiger partial charge in [-0.05, 0) is 36.8 Å². The number of aromatic nitrogens is 2. The van der Waals surface area contributed by atoms with Crippen LogP contribution < -0.4 is 4.90 Å². The van der Waals surface area contributed by atoms with Crippen LogP contribution in [0.4, 0.5) is 11.4 Å². The number of hydrogen-bond donors (Lipinski definition) is 1. The number of nitro benzene ring substituents is 1. The Morgan fingerprint density at radius 3 is 2.47 bits per heavy atom. The first-order valence-corrected chi connectivity index (χ1v) is 10.3. The molecule has 158 valence electrons. The van der Waals surface area contributed by atoms with E-state index in [1.807, 2.05) is 43.3 Å². The van der Waals surface area contributed by atoms with Gasteiger partial charge < -0.3 is 0 Å². The van der Waals surface area contributed by atoms with Crippen LogP contribution in [0.2, 0.25) is 5.02 Å². The Morgan fingerprint density at radius 1 is 1.06 bits per heavy atom. The van der Waals surface area contributed by atoms with E-state index in [1.165, 1.54) is 12.1 Å². The third kappa shape index (κ3) is 3.23. The number of carbonyl (C=O) groups is 1. The SMILES string of the molecule is Cc1ccc(N2C(=O)c3[nH]nc(-c4ccc(Cl)cc4)c3[C@H]2c2cccc([N+](=O)[O-])c2)cc1. The van der Waals surface area contributed by atoms with E-state index < -0.39 is 11.0 Å². The molecule has 0 fully saturated rings. The van der Waals surface area contributed by atoms with Gasteiger partial charge in [-0.3, -0.25) is 24.9 Å². The molecule has 0 bridgehead atoms. The van der Waals surface area contributed by atoms with Crippen LogP contribution in [0.5, 0.6) is 0 Å². The third-order valence-corrected chi connectivity index (χ3v) is 5.85.